The highest BCUT2D eigenvalue weighted by Crippen LogP contribution is 2.28. The van der Waals surface area contributed by atoms with Gasteiger partial charge in [0.1, 0.15) is 0 Å². The molecule has 0 radical (unpaired) electrons. The highest BCUT2D eigenvalue weighted by molar-refractivity contribution is 5.33. The molecule has 0 spiro atoms. The van der Waals surface area contributed by atoms with Crippen molar-refractivity contribution in [2.24, 2.45) is 0 Å². The number of aromatic amines is 1. The van der Waals surface area contributed by atoms with E-state index in [2.05, 4.69) is 38.9 Å². The standard InChI is InChI=1S/C13H19N5/c1-3-6-18-9(2)10(7-17-18)12-13-11(4-5-14-12)15-8-16-13/h7-8,12,14H,3-6H2,1-2H3,(H,15,16)/t12-/m1/s1. The Balaban J connectivity index is 1.97. The first kappa shape index (κ1) is 11.5. The zero-order valence-corrected chi connectivity index (χ0v) is 10.9. The van der Waals surface area contributed by atoms with E-state index in [1.54, 1.807) is 6.33 Å². The van der Waals surface area contributed by atoms with Crippen LogP contribution in [0.15, 0.2) is 12.5 Å². The molecule has 1 atom stereocenters. The van der Waals surface area contributed by atoms with Crippen LogP contribution in [0.2, 0.25) is 0 Å². The highest BCUT2D eigenvalue weighted by atomic mass is 15.3. The van der Waals surface area contributed by atoms with Crippen molar-refractivity contribution in [3.63, 3.8) is 0 Å². The normalized spacial score (nSPS) is 18.9. The van der Waals surface area contributed by atoms with Gasteiger partial charge < -0.3 is 10.3 Å². The Morgan fingerprint density at radius 3 is 3.22 bits per heavy atom. The fourth-order valence-electron chi connectivity index (χ4n) is 2.66. The molecule has 0 fully saturated rings. The third-order valence-electron chi connectivity index (χ3n) is 3.64. The van der Waals surface area contributed by atoms with Gasteiger partial charge in [0, 0.05) is 36.5 Å². The molecule has 96 valence electrons. The molecule has 5 nitrogen and oxygen atoms in total. The number of imidazole rings is 1. The van der Waals surface area contributed by atoms with Gasteiger partial charge in [-0.15, -0.1) is 0 Å². The monoisotopic (exact) mass is 245 g/mol. The second-order valence-electron chi connectivity index (χ2n) is 4.81. The predicted octanol–water partition coefficient (Wildman–Crippen LogP) is 1.56. The molecule has 0 saturated carbocycles. The van der Waals surface area contributed by atoms with Gasteiger partial charge in [0.2, 0.25) is 0 Å². The van der Waals surface area contributed by atoms with Gasteiger partial charge in [-0.25, -0.2) is 4.98 Å². The topological polar surface area (TPSA) is 58.5 Å². The van der Waals surface area contributed by atoms with Crippen LogP contribution >= 0.6 is 0 Å². The van der Waals surface area contributed by atoms with E-state index in [0.29, 0.717) is 0 Å². The van der Waals surface area contributed by atoms with Gasteiger partial charge in [0.15, 0.2) is 0 Å². The Kier molecular flexibility index (Phi) is 2.91. The summed E-state index contributed by atoms with van der Waals surface area (Å²) in [6, 6.07) is 0.186. The fourth-order valence-corrected chi connectivity index (χ4v) is 2.66. The van der Waals surface area contributed by atoms with E-state index in [1.807, 2.05) is 6.20 Å². The first-order chi connectivity index (χ1) is 8.81. The van der Waals surface area contributed by atoms with Crippen molar-refractivity contribution in [1.82, 2.24) is 25.1 Å². The van der Waals surface area contributed by atoms with Crippen LogP contribution in [0, 0.1) is 6.92 Å². The average Bonchev–Trinajstić information content (AvgIpc) is 2.98. The summed E-state index contributed by atoms with van der Waals surface area (Å²) in [5.41, 5.74) is 4.86. The van der Waals surface area contributed by atoms with Crippen LogP contribution in [-0.4, -0.2) is 26.3 Å². The lowest BCUT2D eigenvalue weighted by Crippen LogP contribution is -2.31. The van der Waals surface area contributed by atoms with E-state index < -0.39 is 0 Å². The Morgan fingerprint density at radius 1 is 1.50 bits per heavy atom. The Labute approximate surface area is 107 Å². The first-order valence-electron chi connectivity index (χ1n) is 6.59. The minimum Gasteiger partial charge on any atom is -0.348 e. The molecule has 0 unspecified atom stereocenters. The van der Waals surface area contributed by atoms with E-state index >= 15 is 0 Å². The predicted molar refractivity (Wildman–Crippen MR) is 69.4 cm³/mol. The van der Waals surface area contributed by atoms with Gasteiger partial charge in [-0.05, 0) is 13.3 Å². The molecule has 0 aromatic carbocycles. The maximum atomic E-state index is 4.48. The quantitative estimate of drug-likeness (QED) is 0.862. The SMILES string of the molecule is CCCn1ncc([C@H]2NCCc3[nH]cnc32)c1C. The molecule has 5 heteroatoms. The number of hydrogen-bond acceptors (Lipinski definition) is 3. The summed E-state index contributed by atoms with van der Waals surface area (Å²) in [6.07, 6.45) is 5.89. The molecule has 1 aliphatic rings. The molecule has 0 bridgehead atoms. The van der Waals surface area contributed by atoms with Crippen molar-refractivity contribution in [3.8, 4) is 0 Å². The van der Waals surface area contributed by atoms with Crippen molar-refractivity contribution in [2.45, 2.75) is 39.3 Å². The molecule has 0 amide bonds. The van der Waals surface area contributed by atoms with E-state index in [-0.39, 0.29) is 6.04 Å². The molecule has 0 aliphatic carbocycles. The van der Waals surface area contributed by atoms with E-state index in [1.165, 1.54) is 17.0 Å². The van der Waals surface area contributed by atoms with Crippen LogP contribution in [-0.2, 0) is 13.0 Å². The zero-order valence-electron chi connectivity index (χ0n) is 10.9. The summed E-state index contributed by atoms with van der Waals surface area (Å²) in [5, 5.41) is 8.01. The van der Waals surface area contributed by atoms with Crippen LogP contribution in [0.25, 0.3) is 0 Å². The second kappa shape index (κ2) is 4.57. The van der Waals surface area contributed by atoms with Crippen LogP contribution in [0.1, 0.15) is 42.0 Å². The second-order valence-corrected chi connectivity index (χ2v) is 4.81. The molecule has 3 heterocycles. The maximum Gasteiger partial charge on any atom is 0.0926 e. The Hall–Kier alpha value is -1.62. The van der Waals surface area contributed by atoms with Gasteiger partial charge in [-0.1, -0.05) is 6.92 Å². The lowest BCUT2D eigenvalue weighted by atomic mass is 9.99. The van der Waals surface area contributed by atoms with Crippen molar-refractivity contribution < 1.29 is 0 Å². The molecular formula is C13H19N5. The third kappa shape index (κ3) is 1.75. The highest BCUT2D eigenvalue weighted by Gasteiger charge is 2.26. The summed E-state index contributed by atoms with van der Waals surface area (Å²) in [4.78, 5) is 7.69. The number of fused-ring (bicyclic) bond motifs is 1. The summed E-state index contributed by atoms with van der Waals surface area (Å²) in [7, 11) is 0. The number of H-pyrrole nitrogens is 1. The molecule has 18 heavy (non-hydrogen) atoms. The van der Waals surface area contributed by atoms with Crippen LogP contribution in [0.3, 0.4) is 0 Å². The molecule has 0 saturated heterocycles. The number of aryl methyl sites for hydroxylation is 1. The van der Waals surface area contributed by atoms with Crippen molar-refractivity contribution in [3.05, 3.63) is 35.2 Å². The van der Waals surface area contributed by atoms with Gasteiger partial charge in [-0.3, -0.25) is 4.68 Å². The first-order valence-corrected chi connectivity index (χ1v) is 6.59. The Morgan fingerprint density at radius 2 is 2.39 bits per heavy atom. The lowest BCUT2D eigenvalue weighted by molar-refractivity contribution is 0.545. The molecule has 2 N–H and O–H groups in total. The number of hydrogen-bond donors (Lipinski definition) is 2. The van der Waals surface area contributed by atoms with Gasteiger partial charge in [-0.2, -0.15) is 5.10 Å². The minimum absolute atomic E-state index is 0.186. The van der Waals surface area contributed by atoms with Crippen LogP contribution in [0.4, 0.5) is 0 Å². The zero-order chi connectivity index (χ0) is 12.5. The van der Waals surface area contributed by atoms with Crippen LogP contribution in [0.5, 0.6) is 0 Å². The molecular weight excluding hydrogens is 226 g/mol. The summed E-state index contributed by atoms with van der Waals surface area (Å²) in [6.45, 7) is 6.27. The van der Waals surface area contributed by atoms with Gasteiger partial charge in [0.25, 0.3) is 0 Å². The minimum atomic E-state index is 0.186. The molecule has 3 rings (SSSR count). The van der Waals surface area contributed by atoms with Crippen LogP contribution < -0.4 is 5.32 Å². The Bertz CT molecular complexity index is 539. The van der Waals surface area contributed by atoms with Crippen molar-refractivity contribution in [1.29, 1.82) is 0 Å². The number of rotatable bonds is 3. The number of nitrogens with zero attached hydrogens (tertiary/aromatic N) is 3. The third-order valence-corrected chi connectivity index (χ3v) is 3.64. The maximum absolute atomic E-state index is 4.48. The van der Waals surface area contributed by atoms with Gasteiger partial charge >= 0.3 is 0 Å². The average molecular weight is 245 g/mol. The molecule has 2 aromatic rings. The number of nitrogens with one attached hydrogen (secondary N) is 2. The fraction of sp³-hybridized carbons (Fsp3) is 0.538. The molecule has 1 aliphatic heterocycles. The van der Waals surface area contributed by atoms with Crippen molar-refractivity contribution >= 4 is 0 Å². The summed E-state index contributed by atoms with van der Waals surface area (Å²) >= 11 is 0. The molecule has 2 aromatic heterocycles. The van der Waals surface area contributed by atoms with Gasteiger partial charge in [0.05, 0.1) is 24.3 Å². The lowest BCUT2D eigenvalue weighted by Gasteiger charge is -2.22. The van der Waals surface area contributed by atoms with E-state index in [4.69, 9.17) is 0 Å². The number of aromatic nitrogens is 4. The van der Waals surface area contributed by atoms with Crippen molar-refractivity contribution in [2.75, 3.05) is 6.54 Å². The summed E-state index contributed by atoms with van der Waals surface area (Å²) in [5.74, 6) is 0. The summed E-state index contributed by atoms with van der Waals surface area (Å²) < 4.78 is 2.08. The van der Waals surface area contributed by atoms with E-state index in [9.17, 15) is 0 Å². The smallest absolute Gasteiger partial charge is 0.0926 e. The largest absolute Gasteiger partial charge is 0.348 e. The van der Waals surface area contributed by atoms with E-state index in [0.717, 1.165) is 31.6 Å².